The highest BCUT2D eigenvalue weighted by molar-refractivity contribution is 7.09. The maximum atomic E-state index is 10.7. The molecule has 0 bridgehead atoms. The van der Waals surface area contributed by atoms with Crippen molar-refractivity contribution in [2.24, 2.45) is 0 Å². The first-order valence-corrected chi connectivity index (χ1v) is 8.02. The number of rotatable bonds is 5. The van der Waals surface area contributed by atoms with Crippen LogP contribution in [0.3, 0.4) is 0 Å². The van der Waals surface area contributed by atoms with Crippen LogP contribution >= 0.6 is 11.3 Å². The molecule has 1 N–H and O–H groups in total. The van der Waals surface area contributed by atoms with E-state index in [1.165, 1.54) is 11.3 Å². The average Bonchev–Trinajstić information content (AvgIpc) is 2.81. The third-order valence-corrected chi connectivity index (χ3v) is 4.10. The van der Waals surface area contributed by atoms with E-state index in [-0.39, 0.29) is 11.8 Å². The smallest absolute Gasteiger partial charge is 0.309 e. The second-order valence-electron chi connectivity index (χ2n) is 6.34. The van der Waals surface area contributed by atoms with Crippen molar-refractivity contribution in [3.05, 3.63) is 45.4 Å². The summed E-state index contributed by atoms with van der Waals surface area (Å²) in [7, 11) is 0. The molecule has 118 valence electrons. The number of hydrogen-bond acceptors (Lipinski definition) is 4. The largest absolute Gasteiger partial charge is 0.486 e. The second-order valence-corrected chi connectivity index (χ2v) is 7.28. The van der Waals surface area contributed by atoms with Crippen LogP contribution in [0.2, 0.25) is 0 Å². The van der Waals surface area contributed by atoms with Gasteiger partial charge in [0.05, 0.1) is 12.1 Å². The number of aromatic nitrogens is 1. The van der Waals surface area contributed by atoms with Crippen LogP contribution < -0.4 is 4.74 Å². The van der Waals surface area contributed by atoms with Gasteiger partial charge in [0.1, 0.15) is 17.4 Å². The predicted octanol–water partition coefficient (Wildman–Crippen LogP) is 3.96. The Morgan fingerprint density at radius 1 is 1.36 bits per heavy atom. The molecule has 4 nitrogen and oxygen atoms in total. The van der Waals surface area contributed by atoms with E-state index in [4.69, 9.17) is 9.84 Å². The van der Waals surface area contributed by atoms with E-state index < -0.39 is 5.97 Å². The molecule has 0 atom stereocenters. The Kier molecular flexibility index (Phi) is 4.86. The van der Waals surface area contributed by atoms with Gasteiger partial charge in [-0.15, -0.1) is 11.3 Å². The fourth-order valence-electron chi connectivity index (χ4n) is 2.16. The SMILES string of the molecule is Cc1ccc(C(C)(C)C)c(OCc2nc(CC(=O)O)cs2)c1. The Morgan fingerprint density at radius 2 is 2.09 bits per heavy atom. The van der Waals surface area contributed by atoms with Crippen LogP contribution in [0.15, 0.2) is 23.6 Å². The summed E-state index contributed by atoms with van der Waals surface area (Å²) in [6.45, 7) is 8.85. The van der Waals surface area contributed by atoms with E-state index in [1.54, 1.807) is 5.38 Å². The molecule has 2 rings (SSSR count). The fraction of sp³-hybridized carbons (Fsp3) is 0.412. The first-order valence-electron chi connectivity index (χ1n) is 7.14. The summed E-state index contributed by atoms with van der Waals surface area (Å²) in [5.74, 6) is -0.00560. The minimum atomic E-state index is -0.869. The van der Waals surface area contributed by atoms with E-state index in [9.17, 15) is 4.79 Å². The van der Waals surface area contributed by atoms with Crippen LogP contribution in [0.25, 0.3) is 0 Å². The number of ether oxygens (including phenoxy) is 1. The molecule has 0 unspecified atom stereocenters. The highest BCUT2D eigenvalue weighted by atomic mass is 32.1. The zero-order valence-corrected chi connectivity index (χ0v) is 14.2. The molecule has 0 spiro atoms. The number of hydrogen-bond donors (Lipinski definition) is 1. The highest BCUT2D eigenvalue weighted by Gasteiger charge is 2.19. The third kappa shape index (κ3) is 4.31. The third-order valence-electron chi connectivity index (χ3n) is 3.23. The first-order chi connectivity index (χ1) is 10.3. The van der Waals surface area contributed by atoms with Gasteiger partial charge in [0, 0.05) is 5.38 Å². The number of thiazole rings is 1. The van der Waals surface area contributed by atoms with Gasteiger partial charge in [-0.25, -0.2) is 4.98 Å². The monoisotopic (exact) mass is 319 g/mol. The van der Waals surface area contributed by atoms with Crippen molar-refractivity contribution in [3.8, 4) is 5.75 Å². The Balaban J connectivity index is 2.12. The summed E-state index contributed by atoms with van der Waals surface area (Å²) in [4.78, 5) is 15.0. The maximum Gasteiger partial charge on any atom is 0.309 e. The van der Waals surface area contributed by atoms with Crippen LogP contribution in [0.4, 0.5) is 0 Å². The number of aliphatic carboxylic acids is 1. The predicted molar refractivity (Wildman–Crippen MR) is 87.7 cm³/mol. The van der Waals surface area contributed by atoms with Crippen molar-refractivity contribution < 1.29 is 14.6 Å². The molecule has 0 fully saturated rings. The summed E-state index contributed by atoms with van der Waals surface area (Å²) in [6.07, 6.45) is -0.0474. The lowest BCUT2D eigenvalue weighted by atomic mass is 9.86. The van der Waals surface area contributed by atoms with Crippen molar-refractivity contribution in [1.29, 1.82) is 0 Å². The van der Waals surface area contributed by atoms with E-state index in [2.05, 4.69) is 37.9 Å². The van der Waals surface area contributed by atoms with E-state index in [1.807, 2.05) is 13.0 Å². The number of carboxylic acids is 1. The van der Waals surface area contributed by atoms with Gasteiger partial charge < -0.3 is 9.84 Å². The Bertz CT molecular complexity index is 671. The minimum Gasteiger partial charge on any atom is -0.486 e. The van der Waals surface area contributed by atoms with E-state index >= 15 is 0 Å². The molecule has 2 aromatic rings. The van der Waals surface area contributed by atoms with Crippen LogP contribution in [0.5, 0.6) is 5.75 Å². The lowest BCUT2D eigenvalue weighted by Gasteiger charge is -2.23. The number of aryl methyl sites for hydroxylation is 1. The van der Waals surface area contributed by atoms with Gasteiger partial charge >= 0.3 is 5.97 Å². The molecular formula is C17H21NO3S. The molecule has 0 saturated heterocycles. The Morgan fingerprint density at radius 3 is 2.73 bits per heavy atom. The summed E-state index contributed by atoms with van der Waals surface area (Å²) >= 11 is 1.43. The molecule has 0 saturated carbocycles. The van der Waals surface area contributed by atoms with Crippen molar-refractivity contribution in [2.45, 2.75) is 46.1 Å². The highest BCUT2D eigenvalue weighted by Crippen LogP contribution is 2.32. The number of carbonyl (C=O) groups is 1. The molecule has 1 aromatic heterocycles. The van der Waals surface area contributed by atoms with Crippen LogP contribution in [-0.4, -0.2) is 16.1 Å². The van der Waals surface area contributed by atoms with Crippen molar-refractivity contribution >= 4 is 17.3 Å². The summed E-state index contributed by atoms with van der Waals surface area (Å²) in [5, 5.41) is 11.3. The quantitative estimate of drug-likeness (QED) is 0.906. The van der Waals surface area contributed by atoms with Gasteiger partial charge in [-0.05, 0) is 29.5 Å². The lowest BCUT2D eigenvalue weighted by Crippen LogP contribution is -2.13. The summed E-state index contributed by atoms with van der Waals surface area (Å²) in [6, 6.07) is 6.22. The molecule has 0 aliphatic rings. The van der Waals surface area contributed by atoms with Gasteiger partial charge in [0.25, 0.3) is 0 Å². The van der Waals surface area contributed by atoms with Crippen molar-refractivity contribution in [3.63, 3.8) is 0 Å². The number of benzene rings is 1. The summed E-state index contributed by atoms with van der Waals surface area (Å²) < 4.78 is 5.95. The number of nitrogens with zero attached hydrogens (tertiary/aromatic N) is 1. The van der Waals surface area contributed by atoms with Gasteiger partial charge in [0.15, 0.2) is 0 Å². The minimum absolute atomic E-state index is 0.000376. The fourth-order valence-corrected chi connectivity index (χ4v) is 2.86. The van der Waals surface area contributed by atoms with E-state index in [0.717, 1.165) is 21.9 Å². The molecule has 0 radical (unpaired) electrons. The topological polar surface area (TPSA) is 59.4 Å². The first kappa shape index (κ1) is 16.5. The van der Waals surface area contributed by atoms with Gasteiger partial charge in [-0.3, -0.25) is 4.79 Å². The van der Waals surface area contributed by atoms with Crippen LogP contribution in [0, 0.1) is 6.92 Å². The molecule has 0 amide bonds. The van der Waals surface area contributed by atoms with Gasteiger partial charge in [-0.2, -0.15) is 0 Å². The zero-order chi connectivity index (χ0) is 16.3. The number of carboxylic acid groups (broad SMARTS) is 1. The molecule has 0 aliphatic carbocycles. The zero-order valence-electron chi connectivity index (χ0n) is 13.3. The Hall–Kier alpha value is -1.88. The van der Waals surface area contributed by atoms with Crippen LogP contribution in [0.1, 0.15) is 42.6 Å². The van der Waals surface area contributed by atoms with Crippen molar-refractivity contribution in [1.82, 2.24) is 4.98 Å². The lowest BCUT2D eigenvalue weighted by molar-refractivity contribution is -0.136. The standard InChI is InChI=1S/C17H21NO3S/c1-11-5-6-13(17(2,3)4)14(7-11)21-9-15-18-12(10-22-15)8-16(19)20/h5-7,10H,8-9H2,1-4H3,(H,19,20). The maximum absolute atomic E-state index is 10.7. The Labute approximate surface area is 134 Å². The van der Waals surface area contributed by atoms with Gasteiger partial charge in [0.2, 0.25) is 0 Å². The molecule has 22 heavy (non-hydrogen) atoms. The summed E-state index contributed by atoms with van der Waals surface area (Å²) in [5.41, 5.74) is 2.88. The normalized spacial score (nSPS) is 11.5. The van der Waals surface area contributed by atoms with Gasteiger partial charge in [-0.1, -0.05) is 32.9 Å². The molecule has 5 heteroatoms. The molecule has 0 aliphatic heterocycles. The molecule has 1 aromatic carbocycles. The average molecular weight is 319 g/mol. The second kappa shape index (κ2) is 6.48. The van der Waals surface area contributed by atoms with Crippen LogP contribution in [-0.2, 0) is 23.2 Å². The van der Waals surface area contributed by atoms with Crippen molar-refractivity contribution in [2.75, 3.05) is 0 Å². The molecule has 1 heterocycles. The molecular weight excluding hydrogens is 298 g/mol. The van der Waals surface area contributed by atoms with E-state index in [0.29, 0.717) is 12.3 Å².